The Balaban J connectivity index is 1.92. The molecule has 0 fully saturated rings. The Bertz CT molecular complexity index is 768. The summed E-state index contributed by atoms with van der Waals surface area (Å²) in [7, 11) is 1.28. The molecule has 0 spiro atoms. The lowest BCUT2D eigenvalue weighted by Crippen LogP contribution is -2.13. The second-order valence-electron chi connectivity index (χ2n) is 5.20. The molecule has 0 saturated heterocycles. The zero-order valence-corrected chi connectivity index (χ0v) is 14.5. The highest BCUT2D eigenvalue weighted by Crippen LogP contribution is 2.18. The molecule has 136 valence electrons. The third-order valence-corrected chi connectivity index (χ3v) is 3.33. The monoisotopic (exact) mass is 357 g/mol. The maximum absolute atomic E-state index is 12.2. The second kappa shape index (κ2) is 9.22. The average Bonchev–Trinajstić information content (AvgIpc) is 2.67. The van der Waals surface area contributed by atoms with Crippen LogP contribution in [0.3, 0.4) is 0 Å². The summed E-state index contributed by atoms with van der Waals surface area (Å²) in [5, 5.41) is 2.74. The van der Waals surface area contributed by atoms with Gasteiger partial charge in [-0.1, -0.05) is 6.92 Å². The molecule has 0 heterocycles. The van der Waals surface area contributed by atoms with Crippen LogP contribution in [0.2, 0.25) is 0 Å². The van der Waals surface area contributed by atoms with Gasteiger partial charge in [0.2, 0.25) is 0 Å². The molecule has 0 bridgehead atoms. The van der Waals surface area contributed by atoms with E-state index in [9.17, 15) is 14.4 Å². The number of nitrogens with one attached hydrogen (secondary N) is 1. The molecule has 0 radical (unpaired) electrons. The Kier molecular flexibility index (Phi) is 6.73. The number of carbonyl (C=O) groups is 3. The van der Waals surface area contributed by atoms with Crippen LogP contribution in [0, 0.1) is 0 Å². The van der Waals surface area contributed by atoms with Crippen molar-refractivity contribution in [3.05, 3.63) is 54.1 Å². The molecule has 2 aromatic carbocycles. The molecule has 7 heteroatoms. The van der Waals surface area contributed by atoms with Gasteiger partial charge in [0.05, 0.1) is 7.11 Å². The average molecular weight is 357 g/mol. The first-order chi connectivity index (χ1) is 12.5. The van der Waals surface area contributed by atoms with Gasteiger partial charge < -0.3 is 19.5 Å². The number of esters is 2. The molecule has 0 aromatic heterocycles. The predicted molar refractivity (Wildman–Crippen MR) is 94.3 cm³/mol. The van der Waals surface area contributed by atoms with Gasteiger partial charge >= 0.3 is 11.9 Å². The van der Waals surface area contributed by atoms with E-state index in [4.69, 9.17) is 9.47 Å². The molecule has 2 rings (SSSR count). The number of carbonyl (C=O) groups excluding carboxylic acids is 3. The van der Waals surface area contributed by atoms with Crippen molar-refractivity contribution < 1.29 is 28.6 Å². The summed E-state index contributed by atoms with van der Waals surface area (Å²) in [6, 6.07) is 12.8. The maximum Gasteiger partial charge on any atom is 0.343 e. The molecule has 0 aliphatic heterocycles. The fourth-order valence-electron chi connectivity index (χ4n) is 1.92. The van der Waals surface area contributed by atoms with Gasteiger partial charge in [-0.05, 0) is 48.5 Å². The van der Waals surface area contributed by atoms with Gasteiger partial charge in [0.25, 0.3) is 5.91 Å². The summed E-state index contributed by atoms with van der Waals surface area (Å²) in [5.41, 5.74) is 0.995. The van der Waals surface area contributed by atoms with E-state index < -0.39 is 5.97 Å². The number of benzene rings is 2. The molecule has 1 amide bonds. The van der Waals surface area contributed by atoms with Gasteiger partial charge in [-0.25, -0.2) is 4.79 Å². The van der Waals surface area contributed by atoms with Crippen molar-refractivity contribution in [3.8, 4) is 11.5 Å². The first kappa shape index (κ1) is 19.0. The van der Waals surface area contributed by atoms with Crippen molar-refractivity contribution >= 4 is 23.5 Å². The molecule has 0 unspecified atom stereocenters. The van der Waals surface area contributed by atoms with Gasteiger partial charge in [0.15, 0.2) is 6.61 Å². The standard InChI is InChI=1S/C19H19NO6/c1-3-17(21)26-16-8-4-13(5-9-16)19(23)20-14-6-10-15(11-7-14)25-12-18(22)24-2/h4-11H,3,12H2,1-2H3,(H,20,23). The van der Waals surface area contributed by atoms with E-state index in [2.05, 4.69) is 10.1 Å². The molecule has 26 heavy (non-hydrogen) atoms. The number of anilines is 1. The fraction of sp³-hybridized carbons (Fsp3) is 0.211. The molecule has 0 saturated carbocycles. The van der Waals surface area contributed by atoms with Crippen molar-refractivity contribution in [1.29, 1.82) is 0 Å². The molecule has 7 nitrogen and oxygen atoms in total. The largest absolute Gasteiger partial charge is 0.482 e. The second-order valence-corrected chi connectivity index (χ2v) is 5.20. The van der Waals surface area contributed by atoms with Gasteiger partial charge in [-0.3, -0.25) is 9.59 Å². The number of methoxy groups -OCH3 is 1. The summed E-state index contributed by atoms with van der Waals surface area (Å²) in [4.78, 5) is 34.5. The minimum atomic E-state index is -0.476. The highest BCUT2D eigenvalue weighted by Gasteiger charge is 2.08. The first-order valence-electron chi connectivity index (χ1n) is 7.93. The van der Waals surface area contributed by atoms with Crippen LogP contribution in [0.1, 0.15) is 23.7 Å². The normalized spacial score (nSPS) is 9.92. The van der Waals surface area contributed by atoms with E-state index in [0.29, 0.717) is 22.7 Å². The minimum Gasteiger partial charge on any atom is -0.482 e. The number of rotatable bonds is 7. The third kappa shape index (κ3) is 5.62. The van der Waals surface area contributed by atoms with Crippen LogP contribution >= 0.6 is 0 Å². The lowest BCUT2D eigenvalue weighted by Gasteiger charge is -2.08. The first-order valence-corrected chi connectivity index (χ1v) is 7.93. The highest BCUT2D eigenvalue weighted by molar-refractivity contribution is 6.04. The van der Waals surface area contributed by atoms with Gasteiger partial charge in [-0.15, -0.1) is 0 Å². The third-order valence-electron chi connectivity index (χ3n) is 3.33. The SMILES string of the molecule is CCC(=O)Oc1ccc(C(=O)Nc2ccc(OCC(=O)OC)cc2)cc1. The Labute approximate surface area is 150 Å². The zero-order valence-electron chi connectivity index (χ0n) is 14.5. The summed E-state index contributed by atoms with van der Waals surface area (Å²) in [6.07, 6.45) is 0.279. The smallest absolute Gasteiger partial charge is 0.343 e. The van der Waals surface area contributed by atoms with Gasteiger partial charge in [0, 0.05) is 17.7 Å². The maximum atomic E-state index is 12.2. The molecule has 0 atom stereocenters. The zero-order chi connectivity index (χ0) is 18.9. The summed E-state index contributed by atoms with van der Waals surface area (Å²) < 4.78 is 14.8. The number of amides is 1. The number of hydrogen-bond donors (Lipinski definition) is 1. The lowest BCUT2D eigenvalue weighted by atomic mass is 10.2. The van der Waals surface area contributed by atoms with Crippen LogP contribution in [-0.2, 0) is 14.3 Å². The van der Waals surface area contributed by atoms with Gasteiger partial charge in [0.1, 0.15) is 11.5 Å². The molecule has 0 aliphatic carbocycles. The van der Waals surface area contributed by atoms with Crippen LogP contribution in [0.5, 0.6) is 11.5 Å². The fourth-order valence-corrected chi connectivity index (χ4v) is 1.92. The summed E-state index contributed by atoms with van der Waals surface area (Å²) in [5.74, 6) is -0.246. The topological polar surface area (TPSA) is 90.9 Å². The Hall–Kier alpha value is -3.35. The van der Waals surface area contributed by atoms with Crippen LogP contribution in [-0.4, -0.2) is 31.6 Å². The number of ether oxygens (including phenoxy) is 3. The summed E-state index contributed by atoms with van der Waals surface area (Å²) >= 11 is 0. The molecular formula is C19H19NO6. The van der Waals surface area contributed by atoms with Crippen LogP contribution in [0.15, 0.2) is 48.5 Å². The molecule has 2 aromatic rings. The van der Waals surface area contributed by atoms with Crippen molar-refractivity contribution in [1.82, 2.24) is 0 Å². The van der Waals surface area contributed by atoms with Crippen LogP contribution in [0.25, 0.3) is 0 Å². The molecular weight excluding hydrogens is 338 g/mol. The van der Waals surface area contributed by atoms with Crippen molar-refractivity contribution in [3.63, 3.8) is 0 Å². The Morgan fingerprint density at radius 1 is 0.885 bits per heavy atom. The van der Waals surface area contributed by atoms with Crippen molar-refractivity contribution in [2.75, 3.05) is 19.0 Å². The predicted octanol–water partition coefficient (Wildman–Crippen LogP) is 2.81. The van der Waals surface area contributed by atoms with Crippen molar-refractivity contribution in [2.45, 2.75) is 13.3 Å². The van der Waals surface area contributed by atoms with E-state index >= 15 is 0 Å². The minimum absolute atomic E-state index is 0.183. The van der Waals surface area contributed by atoms with E-state index in [1.54, 1.807) is 55.5 Å². The summed E-state index contributed by atoms with van der Waals surface area (Å²) in [6.45, 7) is 1.52. The van der Waals surface area contributed by atoms with E-state index in [0.717, 1.165) is 0 Å². The van der Waals surface area contributed by atoms with E-state index in [-0.39, 0.29) is 24.9 Å². The van der Waals surface area contributed by atoms with E-state index in [1.807, 2.05) is 0 Å². The van der Waals surface area contributed by atoms with Crippen molar-refractivity contribution in [2.24, 2.45) is 0 Å². The van der Waals surface area contributed by atoms with Crippen LogP contribution in [0.4, 0.5) is 5.69 Å². The Morgan fingerprint density at radius 3 is 2.08 bits per heavy atom. The molecule has 0 aliphatic rings. The Morgan fingerprint density at radius 2 is 1.50 bits per heavy atom. The number of hydrogen-bond acceptors (Lipinski definition) is 6. The van der Waals surface area contributed by atoms with Gasteiger partial charge in [-0.2, -0.15) is 0 Å². The molecule has 1 N–H and O–H groups in total. The highest BCUT2D eigenvalue weighted by atomic mass is 16.6. The quantitative estimate of drug-likeness (QED) is 0.605. The van der Waals surface area contributed by atoms with E-state index in [1.165, 1.54) is 7.11 Å². The van der Waals surface area contributed by atoms with Crippen LogP contribution < -0.4 is 14.8 Å². The lowest BCUT2D eigenvalue weighted by molar-refractivity contribution is -0.143.